The lowest BCUT2D eigenvalue weighted by molar-refractivity contribution is 0.0892. The maximum atomic E-state index is 14.5. The summed E-state index contributed by atoms with van der Waals surface area (Å²) < 4.78 is 0. The highest BCUT2D eigenvalue weighted by Crippen LogP contribution is 2.47. The van der Waals surface area contributed by atoms with Crippen molar-refractivity contribution in [3.63, 3.8) is 0 Å². The van der Waals surface area contributed by atoms with Crippen LogP contribution in [-0.4, -0.2) is 24.9 Å². The predicted octanol–water partition coefficient (Wildman–Crippen LogP) is 19.7. The molecule has 0 N–H and O–H groups in total. The van der Waals surface area contributed by atoms with Crippen molar-refractivity contribution >= 4 is 79.3 Å². The van der Waals surface area contributed by atoms with Crippen molar-refractivity contribution in [1.29, 1.82) is 0 Å². The number of thiophene rings is 4. The van der Waals surface area contributed by atoms with Crippen LogP contribution in [0.3, 0.4) is 0 Å². The van der Waals surface area contributed by atoms with E-state index in [1.54, 1.807) is 11.3 Å². The molecule has 0 saturated heterocycles. The molecule has 0 radical (unpaired) electrons. The topological polar surface area (TPSA) is 40.6 Å². The lowest BCUT2D eigenvalue weighted by Crippen LogP contribution is -2.41. The summed E-state index contributed by atoms with van der Waals surface area (Å²) >= 11 is 7.34. The van der Waals surface area contributed by atoms with Crippen molar-refractivity contribution in [3.8, 4) is 50.1 Å². The van der Waals surface area contributed by atoms with Gasteiger partial charge in [0.2, 0.25) is 0 Å². The first kappa shape index (κ1) is 49.8. The van der Waals surface area contributed by atoms with Crippen molar-refractivity contribution in [2.75, 3.05) is 22.9 Å². The van der Waals surface area contributed by atoms with Gasteiger partial charge < -0.3 is 4.90 Å². The molecular weight excluding hydrogens is 933 g/mol. The molecule has 2 atom stereocenters. The van der Waals surface area contributed by atoms with E-state index in [4.69, 9.17) is 0 Å². The fraction of sp³-hybridized carbons (Fsp3) is 0.355. The molecule has 2 amide bonds. The lowest BCUT2D eigenvalue weighted by Gasteiger charge is -2.32. The Bertz CT molecular complexity index is 3020. The van der Waals surface area contributed by atoms with E-state index in [0.29, 0.717) is 11.1 Å². The maximum absolute atomic E-state index is 14.5. The molecule has 0 spiro atoms. The normalized spacial score (nSPS) is 13.6. The van der Waals surface area contributed by atoms with Crippen molar-refractivity contribution in [1.82, 2.24) is 0 Å². The second-order valence-electron chi connectivity index (χ2n) is 19.9. The van der Waals surface area contributed by atoms with Crippen LogP contribution in [0.2, 0.25) is 0 Å². The number of imide groups is 1. The molecule has 1 aliphatic rings. The number of hydrogen-bond acceptors (Lipinski definition) is 7. The Hall–Kier alpha value is -5.12. The first-order valence-corrected chi connectivity index (χ1v) is 29.1. The molecule has 5 heterocycles. The monoisotopic (exact) mass is 1000 g/mol. The lowest BCUT2D eigenvalue weighted by atomic mass is 9.87. The maximum Gasteiger partial charge on any atom is 0.266 e. The van der Waals surface area contributed by atoms with Gasteiger partial charge >= 0.3 is 0 Å². The van der Waals surface area contributed by atoms with Crippen molar-refractivity contribution < 1.29 is 9.59 Å². The van der Waals surface area contributed by atoms with E-state index in [2.05, 4.69) is 157 Å². The summed E-state index contributed by atoms with van der Waals surface area (Å²) in [5, 5.41) is 1.68. The Morgan fingerprint density at radius 1 is 0.471 bits per heavy atom. The highest BCUT2D eigenvalue weighted by Gasteiger charge is 2.37. The van der Waals surface area contributed by atoms with Crippen LogP contribution < -0.4 is 9.80 Å². The third kappa shape index (κ3) is 10.2. The minimum atomic E-state index is -0.257. The number of hydrogen-bond donors (Lipinski definition) is 0. The SMILES string of the molecule is CCCCC(CC)CN(CC(CC)CCCC)c1ccc(-c2ccc(-c3ccc(-c4ccc(-c5ccc(-c6ccc7c8c(cccc68)C(=O)N(c6c(C(C)C)cccc6C(C)C)C7=O)s5)s4)s3)s2)cc1. The number of rotatable bonds is 21. The number of carbonyl (C=O) groups excluding carboxylic acids is 2. The predicted molar refractivity (Wildman–Crippen MR) is 307 cm³/mol. The largest absolute Gasteiger partial charge is 0.371 e. The summed E-state index contributed by atoms with van der Waals surface area (Å²) in [7, 11) is 0. The van der Waals surface area contributed by atoms with Gasteiger partial charge in [0.1, 0.15) is 0 Å². The Labute approximate surface area is 433 Å². The molecule has 0 aliphatic carbocycles. The van der Waals surface area contributed by atoms with E-state index in [1.165, 1.54) is 102 Å². The zero-order valence-corrected chi connectivity index (χ0v) is 45.5. The number of para-hydroxylation sites is 1. The van der Waals surface area contributed by atoms with Crippen LogP contribution in [0.5, 0.6) is 0 Å². The molecule has 4 aromatic carbocycles. The van der Waals surface area contributed by atoms with Crippen LogP contribution in [0.4, 0.5) is 11.4 Å². The molecule has 8 aromatic rings. The first-order valence-electron chi connectivity index (χ1n) is 25.8. The molecule has 0 bridgehead atoms. The fourth-order valence-corrected chi connectivity index (χ4v) is 14.7. The molecule has 4 aromatic heterocycles. The average Bonchev–Trinajstić information content (AvgIpc) is 4.23. The molecule has 0 fully saturated rings. The molecule has 0 saturated carbocycles. The van der Waals surface area contributed by atoms with Gasteiger partial charge in [0.25, 0.3) is 11.8 Å². The van der Waals surface area contributed by atoms with Gasteiger partial charge in [-0.05, 0) is 137 Å². The third-order valence-electron chi connectivity index (χ3n) is 14.5. The molecule has 4 nitrogen and oxygen atoms in total. The quantitative estimate of drug-likeness (QED) is 0.0674. The van der Waals surface area contributed by atoms with E-state index in [1.807, 2.05) is 58.3 Å². The molecular formula is C62H68N2O2S4. The number of unbranched alkanes of at least 4 members (excludes halogenated alkanes) is 2. The van der Waals surface area contributed by atoms with Crippen LogP contribution >= 0.6 is 45.3 Å². The second-order valence-corrected chi connectivity index (χ2v) is 24.2. The van der Waals surface area contributed by atoms with E-state index in [9.17, 15) is 9.59 Å². The minimum absolute atomic E-state index is 0.147. The van der Waals surface area contributed by atoms with E-state index >= 15 is 0 Å². The van der Waals surface area contributed by atoms with Crippen LogP contribution in [-0.2, 0) is 0 Å². The summed E-state index contributed by atoms with van der Waals surface area (Å²) in [6.07, 6.45) is 10.3. The van der Waals surface area contributed by atoms with Gasteiger partial charge in [-0.2, -0.15) is 0 Å². The van der Waals surface area contributed by atoms with Gasteiger partial charge in [-0.25, -0.2) is 4.90 Å². The van der Waals surface area contributed by atoms with Crippen LogP contribution in [0.25, 0.3) is 60.9 Å². The van der Waals surface area contributed by atoms with Crippen LogP contribution in [0.1, 0.15) is 150 Å². The Morgan fingerprint density at radius 3 is 1.39 bits per heavy atom. The minimum Gasteiger partial charge on any atom is -0.371 e. The molecule has 1 aliphatic heterocycles. The number of amides is 2. The zero-order valence-electron chi connectivity index (χ0n) is 42.3. The summed E-state index contributed by atoms with van der Waals surface area (Å²) in [4.78, 5) is 43.2. The van der Waals surface area contributed by atoms with E-state index < -0.39 is 0 Å². The highest BCUT2D eigenvalue weighted by molar-refractivity contribution is 7.29. The standard InChI is InChI=1S/C62H68N2O2S4/c1-9-13-17-41(11-3)37-63(38-42(12-4)18-14-10-2)44-25-23-43(24-26-44)51-29-31-53(67-51)55-33-35-57(69-55)58-36-34-56(70-58)54-32-30-52(68-54)47-27-28-50-59-48(47)21-16-22-49(59)61(65)64(62(50)66)60-45(39(5)6)19-15-20-46(60)40(7)8/h15-16,19-36,39-42H,9-14,17-18,37-38H2,1-8H3. The smallest absolute Gasteiger partial charge is 0.266 e. The number of carbonyl (C=O) groups is 2. The summed E-state index contributed by atoms with van der Waals surface area (Å²) in [6.45, 7) is 20.2. The molecule has 2 unspecified atom stereocenters. The Morgan fingerprint density at radius 2 is 0.900 bits per heavy atom. The summed E-state index contributed by atoms with van der Waals surface area (Å²) in [6, 6.07) is 43.5. The number of benzene rings is 4. The van der Waals surface area contributed by atoms with E-state index in [-0.39, 0.29) is 23.7 Å². The Balaban J connectivity index is 0.915. The molecule has 362 valence electrons. The average molecular weight is 1000 g/mol. The van der Waals surface area contributed by atoms with Gasteiger partial charge in [0.05, 0.1) is 5.69 Å². The summed E-state index contributed by atoms with van der Waals surface area (Å²) in [5.74, 6) is 1.25. The third-order valence-corrected chi connectivity index (χ3v) is 19.5. The van der Waals surface area contributed by atoms with Crippen molar-refractivity contribution in [2.45, 2.75) is 119 Å². The van der Waals surface area contributed by atoms with Gasteiger partial charge in [-0.3, -0.25) is 9.59 Å². The van der Waals surface area contributed by atoms with Crippen molar-refractivity contribution in [2.24, 2.45) is 11.8 Å². The number of anilines is 2. The van der Waals surface area contributed by atoms with Gasteiger partial charge in [-0.1, -0.05) is 142 Å². The molecule has 9 rings (SSSR count). The van der Waals surface area contributed by atoms with Gasteiger partial charge in [0, 0.05) is 74.3 Å². The van der Waals surface area contributed by atoms with Gasteiger partial charge in [-0.15, -0.1) is 45.3 Å². The van der Waals surface area contributed by atoms with Crippen LogP contribution in [0.15, 0.2) is 121 Å². The van der Waals surface area contributed by atoms with Crippen molar-refractivity contribution in [3.05, 3.63) is 144 Å². The van der Waals surface area contributed by atoms with Gasteiger partial charge in [0.15, 0.2) is 0 Å². The zero-order chi connectivity index (χ0) is 49.1. The highest BCUT2D eigenvalue weighted by atomic mass is 32.1. The van der Waals surface area contributed by atoms with Crippen LogP contribution in [0, 0.1) is 11.8 Å². The Kier molecular flexibility index (Phi) is 15.7. The summed E-state index contributed by atoms with van der Waals surface area (Å²) in [5.41, 5.74) is 7.59. The number of nitrogens with zero attached hydrogens (tertiary/aromatic N) is 2. The molecule has 8 heteroatoms. The second kappa shape index (κ2) is 22.1. The fourth-order valence-electron chi connectivity index (χ4n) is 10.3. The molecule has 70 heavy (non-hydrogen) atoms. The van der Waals surface area contributed by atoms with E-state index in [0.717, 1.165) is 63.0 Å². The first-order chi connectivity index (χ1) is 34.0.